The molecule has 0 aromatic rings. The maximum absolute atomic E-state index is 9.37. The Labute approximate surface area is 137 Å². The van der Waals surface area contributed by atoms with Crippen LogP contribution >= 0.6 is 0 Å². The number of hydrogen-bond acceptors (Lipinski definition) is 6. The molecular formula is C12H28O7Te. The summed E-state index contributed by atoms with van der Waals surface area (Å²) in [6, 6.07) is 0. The van der Waals surface area contributed by atoms with Crippen LogP contribution in [0.15, 0.2) is 0 Å². The van der Waals surface area contributed by atoms with Gasteiger partial charge < -0.3 is 34.6 Å². The molecule has 2 radical (unpaired) electrons. The quantitative estimate of drug-likeness (QED) is 0.285. The van der Waals surface area contributed by atoms with E-state index >= 15 is 0 Å². The monoisotopic (exact) mass is 414 g/mol. The molecule has 0 aromatic heterocycles. The summed E-state index contributed by atoms with van der Waals surface area (Å²) in [5.41, 5.74) is -0.794. The van der Waals surface area contributed by atoms with E-state index in [0.29, 0.717) is 52.9 Å². The van der Waals surface area contributed by atoms with Gasteiger partial charge in [0.1, 0.15) is 0 Å². The number of ether oxygens (including phenoxy) is 4. The number of aliphatic hydroxyl groups excluding tert-OH is 1. The van der Waals surface area contributed by atoms with E-state index < -0.39 is 5.60 Å². The van der Waals surface area contributed by atoms with Crippen molar-refractivity contribution < 1.29 is 34.6 Å². The van der Waals surface area contributed by atoms with Crippen molar-refractivity contribution in [2.45, 2.75) is 19.4 Å². The van der Waals surface area contributed by atoms with Gasteiger partial charge >= 0.3 is 0 Å². The largest absolute Gasteiger partial charge is 0.412 e. The van der Waals surface area contributed by atoms with Crippen molar-refractivity contribution in [2.24, 2.45) is 0 Å². The molecule has 0 heterocycles. The molecule has 0 amide bonds. The van der Waals surface area contributed by atoms with E-state index in [2.05, 4.69) is 0 Å². The maximum Gasteiger partial charge on any atom is 0.0824 e. The zero-order valence-electron chi connectivity index (χ0n) is 12.3. The SMILES string of the molecule is CC(C)(O)COCCOCCOCCOCCO.O.[Te]. The normalized spacial score (nSPS) is 10.8. The van der Waals surface area contributed by atoms with E-state index in [1.165, 1.54) is 0 Å². The second-order valence-corrected chi connectivity index (χ2v) is 4.43. The molecule has 0 atom stereocenters. The predicted molar refractivity (Wildman–Crippen MR) is 76.0 cm³/mol. The van der Waals surface area contributed by atoms with Crippen molar-refractivity contribution in [2.75, 3.05) is 59.5 Å². The molecule has 4 N–H and O–H groups in total. The Bertz CT molecular complexity index is 176. The molecule has 0 saturated heterocycles. The molecule has 0 saturated carbocycles. The summed E-state index contributed by atoms with van der Waals surface area (Å²) in [4.78, 5) is 0. The topological polar surface area (TPSA) is 109 Å². The Hall–Kier alpha value is 0.510. The number of hydrogen-bond donors (Lipinski definition) is 2. The molecule has 0 bridgehead atoms. The average Bonchev–Trinajstić information content (AvgIpc) is 2.29. The summed E-state index contributed by atoms with van der Waals surface area (Å²) < 4.78 is 20.7. The van der Waals surface area contributed by atoms with E-state index in [4.69, 9.17) is 24.1 Å². The van der Waals surface area contributed by atoms with Gasteiger partial charge in [0.25, 0.3) is 0 Å². The Kier molecular flexibility index (Phi) is 22.4. The number of rotatable bonds is 13. The van der Waals surface area contributed by atoms with Crippen LogP contribution in [0.25, 0.3) is 0 Å². The fourth-order valence-corrected chi connectivity index (χ4v) is 1.05. The van der Waals surface area contributed by atoms with Crippen molar-refractivity contribution >= 4 is 23.7 Å². The third-order valence-corrected chi connectivity index (χ3v) is 1.81. The first-order chi connectivity index (χ1) is 8.56. The molecule has 8 heteroatoms. The fraction of sp³-hybridized carbons (Fsp3) is 1.00. The summed E-state index contributed by atoms with van der Waals surface area (Å²) in [6.07, 6.45) is 0. The third-order valence-electron chi connectivity index (χ3n) is 1.81. The van der Waals surface area contributed by atoms with Gasteiger partial charge in [0.15, 0.2) is 0 Å². The first-order valence-electron chi connectivity index (χ1n) is 6.20. The maximum atomic E-state index is 9.37. The van der Waals surface area contributed by atoms with Crippen LogP contribution in [0.1, 0.15) is 13.8 Å². The predicted octanol–water partition coefficient (Wildman–Crippen LogP) is -1.39. The zero-order chi connectivity index (χ0) is 13.7. The Morgan fingerprint density at radius 2 is 1.10 bits per heavy atom. The van der Waals surface area contributed by atoms with Gasteiger partial charge in [0.2, 0.25) is 0 Å². The molecule has 0 unspecified atom stereocenters. The zero-order valence-corrected chi connectivity index (χ0v) is 14.6. The molecule has 20 heavy (non-hydrogen) atoms. The van der Waals surface area contributed by atoms with Crippen molar-refractivity contribution in [3.8, 4) is 0 Å². The standard InChI is InChI=1S/C12H26O6.H2O.Te/c1-12(2,14)11-18-10-9-17-8-7-16-6-5-15-4-3-13;;/h13-14H,3-11H2,1-2H3;1H2;. The van der Waals surface area contributed by atoms with Gasteiger partial charge in [-0.25, -0.2) is 0 Å². The average molecular weight is 412 g/mol. The fourth-order valence-electron chi connectivity index (χ4n) is 1.05. The molecule has 0 fully saturated rings. The van der Waals surface area contributed by atoms with Crippen molar-refractivity contribution in [1.29, 1.82) is 0 Å². The van der Waals surface area contributed by atoms with Crippen LogP contribution in [-0.2, 0) is 18.9 Å². The minimum atomic E-state index is -0.794. The Morgan fingerprint density at radius 1 is 0.750 bits per heavy atom. The molecule has 0 aliphatic heterocycles. The summed E-state index contributed by atoms with van der Waals surface area (Å²) in [5, 5.41) is 17.8. The van der Waals surface area contributed by atoms with Crippen LogP contribution < -0.4 is 0 Å². The van der Waals surface area contributed by atoms with E-state index in [0.717, 1.165) is 0 Å². The Morgan fingerprint density at radius 3 is 1.45 bits per heavy atom. The minimum absolute atomic E-state index is 0. The van der Waals surface area contributed by atoms with Crippen LogP contribution in [0, 0.1) is 0 Å². The number of aliphatic hydroxyl groups is 2. The van der Waals surface area contributed by atoms with Gasteiger partial charge in [-0.1, -0.05) is 0 Å². The van der Waals surface area contributed by atoms with Gasteiger partial charge in [0, 0.05) is 23.7 Å². The smallest absolute Gasteiger partial charge is 0.0824 e. The van der Waals surface area contributed by atoms with Gasteiger partial charge in [-0.15, -0.1) is 0 Å². The molecule has 124 valence electrons. The molecule has 0 aromatic carbocycles. The van der Waals surface area contributed by atoms with Crippen LogP contribution in [0.4, 0.5) is 0 Å². The molecule has 0 spiro atoms. The molecule has 7 nitrogen and oxygen atoms in total. The van der Waals surface area contributed by atoms with Crippen LogP contribution in [0.5, 0.6) is 0 Å². The second kappa shape index (κ2) is 17.6. The first kappa shape index (κ1) is 25.5. The first-order valence-corrected chi connectivity index (χ1v) is 6.20. The van der Waals surface area contributed by atoms with Gasteiger partial charge in [-0.3, -0.25) is 0 Å². The second-order valence-electron chi connectivity index (χ2n) is 4.43. The molecule has 0 rings (SSSR count). The van der Waals surface area contributed by atoms with Crippen LogP contribution in [0.2, 0.25) is 0 Å². The summed E-state index contributed by atoms with van der Waals surface area (Å²) in [5.74, 6) is 0. The van der Waals surface area contributed by atoms with Crippen molar-refractivity contribution in [3.63, 3.8) is 0 Å². The third kappa shape index (κ3) is 23.6. The van der Waals surface area contributed by atoms with E-state index in [1.54, 1.807) is 13.8 Å². The molecule has 0 aliphatic rings. The summed E-state index contributed by atoms with van der Waals surface area (Å²) >= 11 is 0. The molecule has 0 aliphatic carbocycles. The van der Waals surface area contributed by atoms with E-state index in [-0.39, 0.29) is 35.7 Å². The minimum Gasteiger partial charge on any atom is -0.412 e. The van der Waals surface area contributed by atoms with E-state index in [1.807, 2.05) is 0 Å². The van der Waals surface area contributed by atoms with Gasteiger partial charge in [-0.2, -0.15) is 0 Å². The molecular weight excluding hydrogens is 384 g/mol. The van der Waals surface area contributed by atoms with Crippen LogP contribution in [0.3, 0.4) is 0 Å². The van der Waals surface area contributed by atoms with Gasteiger partial charge in [-0.05, 0) is 13.8 Å². The van der Waals surface area contributed by atoms with Crippen LogP contribution in [-0.4, -0.2) is 104 Å². The van der Waals surface area contributed by atoms with Crippen molar-refractivity contribution in [3.05, 3.63) is 0 Å². The van der Waals surface area contributed by atoms with Crippen molar-refractivity contribution in [1.82, 2.24) is 0 Å². The van der Waals surface area contributed by atoms with E-state index in [9.17, 15) is 5.11 Å². The summed E-state index contributed by atoms with van der Waals surface area (Å²) in [7, 11) is 0. The van der Waals surface area contributed by atoms with Gasteiger partial charge in [0.05, 0.1) is 65.1 Å². The Balaban J connectivity index is -0.00000144. The summed E-state index contributed by atoms with van der Waals surface area (Å²) in [6.45, 7) is 7.01.